The van der Waals surface area contributed by atoms with Crippen LogP contribution in [0.2, 0.25) is 5.02 Å². The van der Waals surface area contributed by atoms with Crippen molar-refractivity contribution in [3.8, 4) is 16.9 Å². The van der Waals surface area contributed by atoms with E-state index in [4.69, 9.17) is 16.3 Å². The Morgan fingerprint density at radius 3 is 2.97 bits per heavy atom. The minimum absolute atomic E-state index is 0.377. The van der Waals surface area contributed by atoms with Crippen molar-refractivity contribution in [1.82, 2.24) is 24.8 Å². The van der Waals surface area contributed by atoms with Gasteiger partial charge in [0.05, 0.1) is 10.7 Å². The highest BCUT2D eigenvalue weighted by Gasteiger charge is 2.20. The molecule has 30 heavy (non-hydrogen) atoms. The van der Waals surface area contributed by atoms with Gasteiger partial charge in [-0.25, -0.2) is 9.97 Å². The van der Waals surface area contributed by atoms with Crippen LogP contribution in [0.15, 0.2) is 61.3 Å². The third-order valence-electron chi connectivity index (χ3n) is 5.50. The summed E-state index contributed by atoms with van der Waals surface area (Å²) in [5.41, 5.74) is 3.92. The molecular weight excluding hydrogens is 398 g/mol. The lowest BCUT2D eigenvalue weighted by Crippen LogP contribution is -2.31. The maximum atomic E-state index is 6.56. The van der Waals surface area contributed by atoms with E-state index in [1.807, 2.05) is 42.6 Å². The van der Waals surface area contributed by atoms with Crippen molar-refractivity contribution in [2.75, 3.05) is 13.1 Å². The molecule has 4 aromatic rings. The molecule has 0 unspecified atom stereocenters. The summed E-state index contributed by atoms with van der Waals surface area (Å²) in [6, 6.07) is 12.0. The molecule has 1 saturated heterocycles. The number of pyridine rings is 1. The molecule has 1 N–H and O–H groups in total. The zero-order chi connectivity index (χ0) is 20.3. The summed E-state index contributed by atoms with van der Waals surface area (Å²) < 4.78 is 8.14. The number of nitrogens with zero attached hydrogens (tertiary/aromatic N) is 4. The van der Waals surface area contributed by atoms with Crippen molar-refractivity contribution in [1.29, 1.82) is 0 Å². The average Bonchev–Trinajstić information content (AvgIpc) is 3.19. The maximum absolute atomic E-state index is 6.56. The maximum Gasteiger partial charge on any atom is 0.144 e. The van der Waals surface area contributed by atoms with Gasteiger partial charge in [-0.05, 0) is 49.2 Å². The molecule has 6 nitrogen and oxygen atoms in total. The van der Waals surface area contributed by atoms with Crippen LogP contribution in [0.1, 0.15) is 24.6 Å². The van der Waals surface area contributed by atoms with Gasteiger partial charge < -0.3 is 14.6 Å². The zero-order valence-electron chi connectivity index (χ0n) is 16.5. The molecule has 1 aliphatic heterocycles. The number of nitrogens with one attached hydrogen (secondary N) is 1. The van der Waals surface area contributed by atoms with Gasteiger partial charge in [-0.1, -0.05) is 23.7 Å². The standard InChI is InChI=1S/C23H22ClN5O/c24-21-10-16(6-7-22(21)30-14-17-4-1-2-9-27-17)20-13-29(18-5-3-8-25-11-18)23-19(20)12-26-15-28-23/h1-2,4,6-7,9-10,12-13,15,18,25H,3,5,8,11,14H2/t18-/m1/s1. The van der Waals surface area contributed by atoms with Crippen molar-refractivity contribution in [2.45, 2.75) is 25.5 Å². The second kappa shape index (κ2) is 8.42. The molecular formula is C23H22ClN5O. The summed E-state index contributed by atoms with van der Waals surface area (Å²) in [4.78, 5) is 13.1. The molecule has 0 bridgehead atoms. The first kappa shape index (κ1) is 19.0. The summed E-state index contributed by atoms with van der Waals surface area (Å²) in [6.45, 7) is 2.41. The first-order valence-corrected chi connectivity index (χ1v) is 10.5. The number of piperidine rings is 1. The van der Waals surface area contributed by atoms with Crippen LogP contribution in [0, 0.1) is 0 Å². The number of halogens is 1. The highest BCUT2D eigenvalue weighted by atomic mass is 35.5. The second-order valence-corrected chi connectivity index (χ2v) is 7.87. The van der Waals surface area contributed by atoms with Gasteiger partial charge in [-0.3, -0.25) is 4.98 Å². The number of ether oxygens (including phenoxy) is 1. The molecule has 0 aliphatic carbocycles. The van der Waals surface area contributed by atoms with E-state index in [9.17, 15) is 0 Å². The van der Waals surface area contributed by atoms with Crippen LogP contribution in [0.25, 0.3) is 22.2 Å². The number of benzene rings is 1. The van der Waals surface area contributed by atoms with Crippen molar-refractivity contribution in [2.24, 2.45) is 0 Å². The van der Waals surface area contributed by atoms with Crippen molar-refractivity contribution < 1.29 is 4.74 Å². The topological polar surface area (TPSA) is 64.9 Å². The van der Waals surface area contributed by atoms with Crippen LogP contribution in [-0.4, -0.2) is 32.6 Å². The van der Waals surface area contributed by atoms with Crippen LogP contribution in [0.4, 0.5) is 0 Å². The zero-order valence-corrected chi connectivity index (χ0v) is 17.2. The minimum atomic E-state index is 0.377. The molecule has 0 radical (unpaired) electrons. The largest absolute Gasteiger partial charge is 0.486 e. The van der Waals surface area contributed by atoms with Crippen molar-refractivity contribution in [3.05, 3.63) is 72.0 Å². The van der Waals surface area contributed by atoms with Gasteiger partial charge >= 0.3 is 0 Å². The monoisotopic (exact) mass is 419 g/mol. The van der Waals surface area contributed by atoms with Crippen LogP contribution < -0.4 is 10.1 Å². The predicted octanol–water partition coefficient (Wildman–Crippen LogP) is 4.65. The van der Waals surface area contributed by atoms with Crippen LogP contribution >= 0.6 is 11.6 Å². The normalized spacial score (nSPS) is 16.6. The summed E-state index contributed by atoms with van der Waals surface area (Å²) in [5.74, 6) is 0.641. The fourth-order valence-electron chi connectivity index (χ4n) is 3.99. The fourth-order valence-corrected chi connectivity index (χ4v) is 4.22. The number of fused-ring (bicyclic) bond motifs is 1. The van der Waals surface area contributed by atoms with Crippen LogP contribution in [0.5, 0.6) is 5.75 Å². The summed E-state index contributed by atoms with van der Waals surface area (Å²) in [6.07, 6.45) is 9.73. The Kier molecular flexibility index (Phi) is 5.34. The molecule has 0 saturated carbocycles. The first-order valence-electron chi connectivity index (χ1n) is 10.1. The molecule has 1 aliphatic rings. The summed E-state index contributed by atoms with van der Waals surface area (Å²) in [7, 11) is 0. The SMILES string of the molecule is Clc1cc(-c2cn([C@@H]3CCCNC3)c3ncncc23)ccc1OCc1ccccn1. The Balaban J connectivity index is 1.46. The summed E-state index contributed by atoms with van der Waals surface area (Å²) in [5, 5.41) is 5.08. The van der Waals surface area contributed by atoms with Gasteiger partial charge in [0.25, 0.3) is 0 Å². The second-order valence-electron chi connectivity index (χ2n) is 7.47. The number of hydrogen-bond acceptors (Lipinski definition) is 5. The Morgan fingerprint density at radius 2 is 2.17 bits per heavy atom. The third-order valence-corrected chi connectivity index (χ3v) is 5.80. The lowest BCUT2D eigenvalue weighted by Gasteiger charge is -2.24. The van der Waals surface area contributed by atoms with Gasteiger partial charge in [0, 0.05) is 42.1 Å². The highest BCUT2D eigenvalue weighted by molar-refractivity contribution is 6.32. The molecule has 0 spiro atoms. The lowest BCUT2D eigenvalue weighted by atomic mass is 10.1. The summed E-state index contributed by atoms with van der Waals surface area (Å²) >= 11 is 6.56. The van der Waals surface area contributed by atoms with Gasteiger partial charge in [-0.15, -0.1) is 0 Å². The molecule has 4 heterocycles. The molecule has 152 valence electrons. The molecule has 3 aromatic heterocycles. The molecule has 0 amide bonds. The van der Waals surface area contributed by atoms with E-state index in [0.29, 0.717) is 23.4 Å². The van der Waals surface area contributed by atoms with Gasteiger partial charge in [0.15, 0.2) is 0 Å². The molecule has 7 heteroatoms. The number of hydrogen-bond donors (Lipinski definition) is 1. The van der Waals surface area contributed by atoms with E-state index in [0.717, 1.165) is 47.4 Å². The minimum Gasteiger partial charge on any atom is -0.486 e. The molecule has 1 atom stereocenters. The van der Waals surface area contributed by atoms with Gasteiger partial charge in [0.1, 0.15) is 24.3 Å². The van der Waals surface area contributed by atoms with E-state index < -0.39 is 0 Å². The van der Waals surface area contributed by atoms with Crippen molar-refractivity contribution in [3.63, 3.8) is 0 Å². The van der Waals surface area contributed by atoms with Gasteiger partial charge in [-0.2, -0.15) is 0 Å². The predicted molar refractivity (Wildman–Crippen MR) is 118 cm³/mol. The van der Waals surface area contributed by atoms with E-state index in [2.05, 4.69) is 31.0 Å². The number of rotatable bonds is 5. The van der Waals surface area contributed by atoms with Crippen molar-refractivity contribution >= 4 is 22.6 Å². The molecule has 5 rings (SSSR count). The van der Waals surface area contributed by atoms with E-state index in [1.165, 1.54) is 6.42 Å². The Morgan fingerprint density at radius 1 is 1.20 bits per heavy atom. The number of aromatic nitrogens is 4. The third kappa shape index (κ3) is 3.76. The highest BCUT2D eigenvalue weighted by Crippen LogP contribution is 2.36. The Bertz CT molecular complexity index is 1150. The Hall–Kier alpha value is -2.96. The molecule has 1 aromatic carbocycles. The smallest absolute Gasteiger partial charge is 0.144 e. The van der Waals surface area contributed by atoms with E-state index in [-0.39, 0.29) is 0 Å². The van der Waals surface area contributed by atoms with Gasteiger partial charge in [0.2, 0.25) is 0 Å². The van der Waals surface area contributed by atoms with Crippen LogP contribution in [0.3, 0.4) is 0 Å². The fraction of sp³-hybridized carbons (Fsp3) is 0.261. The average molecular weight is 420 g/mol. The Labute approximate surface area is 179 Å². The van der Waals surface area contributed by atoms with Crippen LogP contribution in [-0.2, 0) is 6.61 Å². The van der Waals surface area contributed by atoms with E-state index >= 15 is 0 Å². The first-order chi connectivity index (χ1) is 14.8. The van der Waals surface area contributed by atoms with E-state index in [1.54, 1.807) is 12.5 Å². The quantitative estimate of drug-likeness (QED) is 0.510. The molecule has 1 fully saturated rings. The lowest BCUT2D eigenvalue weighted by molar-refractivity contribution is 0.301.